The molecule has 0 amide bonds. The van der Waals surface area contributed by atoms with Crippen LogP contribution in [0.1, 0.15) is 11.1 Å². The van der Waals surface area contributed by atoms with Crippen LogP contribution in [0.3, 0.4) is 0 Å². The van der Waals surface area contributed by atoms with E-state index < -0.39 is 0 Å². The number of rotatable bonds is 7. The summed E-state index contributed by atoms with van der Waals surface area (Å²) < 4.78 is 16.8. The molecule has 0 unspecified atom stereocenters. The molecule has 1 aliphatic heterocycles. The minimum atomic E-state index is 0.636. The van der Waals surface area contributed by atoms with Crippen molar-refractivity contribution in [2.24, 2.45) is 0 Å². The van der Waals surface area contributed by atoms with Gasteiger partial charge in [-0.25, -0.2) is 0 Å². The number of hydrogen-bond donors (Lipinski definition) is 0. The Bertz CT molecular complexity index is 686. The average molecular weight is 362 g/mol. The van der Waals surface area contributed by atoms with Crippen LogP contribution in [0.2, 0.25) is 5.02 Å². The molecule has 0 spiro atoms. The van der Waals surface area contributed by atoms with Crippen LogP contribution in [0.4, 0.5) is 0 Å². The first-order valence-corrected chi connectivity index (χ1v) is 8.96. The number of morpholine rings is 1. The normalized spacial score (nSPS) is 15.1. The summed E-state index contributed by atoms with van der Waals surface area (Å²) in [6.45, 7) is 5.07. The molecule has 0 bridgehead atoms. The fourth-order valence-electron chi connectivity index (χ4n) is 2.94. The molecule has 3 rings (SSSR count). The van der Waals surface area contributed by atoms with E-state index in [-0.39, 0.29) is 0 Å². The Morgan fingerprint density at radius 3 is 2.60 bits per heavy atom. The van der Waals surface area contributed by atoms with Gasteiger partial charge in [-0.1, -0.05) is 29.8 Å². The summed E-state index contributed by atoms with van der Waals surface area (Å²) in [7, 11) is 1.67. The molecule has 1 heterocycles. The maximum absolute atomic E-state index is 6.07. The van der Waals surface area contributed by atoms with E-state index in [2.05, 4.69) is 23.1 Å². The summed E-state index contributed by atoms with van der Waals surface area (Å²) in [5.74, 6) is 1.55. The second-order valence-electron chi connectivity index (χ2n) is 6.09. The molecule has 0 saturated carbocycles. The second kappa shape index (κ2) is 9.09. The van der Waals surface area contributed by atoms with Crippen molar-refractivity contribution in [2.45, 2.75) is 6.42 Å². The summed E-state index contributed by atoms with van der Waals surface area (Å²) in [6, 6.07) is 14.0. The molecule has 0 aliphatic carbocycles. The van der Waals surface area contributed by atoms with Crippen molar-refractivity contribution < 1.29 is 14.2 Å². The van der Waals surface area contributed by atoms with Gasteiger partial charge in [-0.05, 0) is 41.8 Å². The summed E-state index contributed by atoms with van der Waals surface area (Å²) in [5.41, 5.74) is 2.35. The predicted octanol–water partition coefficient (Wildman–Crippen LogP) is 3.65. The summed E-state index contributed by atoms with van der Waals surface area (Å²) in [4.78, 5) is 2.35. The van der Waals surface area contributed by atoms with E-state index in [0.29, 0.717) is 6.61 Å². The van der Waals surface area contributed by atoms with Gasteiger partial charge in [0, 0.05) is 24.7 Å². The van der Waals surface area contributed by atoms with Crippen LogP contribution in [0.15, 0.2) is 42.5 Å². The first kappa shape index (κ1) is 18.1. The number of methoxy groups -OCH3 is 1. The Morgan fingerprint density at radius 2 is 1.84 bits per heavy atom. The van der Waals surface area contributed by atoms with Gasteiger partial charge in [0.1, 0.15) is 6.61 Å². The van der Waals surface area contributed by atoms with Gasteiger partial charge in [-0.15, -0.1) is 0 Å². The zero-order chi connectivity index (χ0) is 17.5. The fourth-order valence-corrected chi connectivity index (χ4v) is 3.15. The highest BCUT2D eigenvalue weighted by Gasteiger charge is 2.11. The predicted molar refractivity (Wildman–Crippen MR) is 100 cm³/mol. The van der Waals surface area contributed by atoms with Crippen molar-refractivity contribution in [1.29, 1.82) is 0 Å². The molecule has 25 heavy (non-hydrogen) atoms. The number of benzene rings is 2. The molecule has 4 nitrogen and oxygen atoms in total. The highest BCUT2D eigenvalue weighted by molar-refractivity contribution is 6.30. The van der Waals surface area contributed by atoms with Gasteiger partial charge < -0.3 is 14.2 Å². The van der Waals surface area contributed by atoms with E-state index >= 15 is 0 Å². The SMILES string of the molecule is COc1ccc(Cc2cccc(Cl)c2)cc1OCCN1CCOCC1. The summed E-state index contributed by atoms with van der Waals surface area (Å²) in [6.07, 6.45) is 0.810. The zero-order valence-corrected chi connectivity index (χ0v) is 15.3. The van der Waals surface area contributed by atoms with E-state index in [1.54, 1.807) is 7.11 Å². The molecule has 0 radical (unpaired) electrons. The molecule has 2 aromatic carbocycles. The first-order chi connectivity index (χ1) is 12.2. The van der Waals surface area contributed by atoms with Crippen molar-refractivity contribution in [1.82, 2.24) is 4.90 Å². The van der Waals surface area contributed by atoms with Crippen LogP contribution in [0.25, 0.3) is 0 Å². The summed E-state index contributed by atoms with van der Waals surface area (Å²) in [5, 5.41) is 0.757. The molecule has 2 aromatic rings. The van der Waals surface area contributed by atoms with E-state index in [4.69, 9.17) is 25.8 Å². The Kier molecular flexibility index (Phi) is 6.56. The van der Waals surface area contributed by atoms with E-state index in [1.165, 1.54) is 11.1 Å². The molecule has 5 heteroatoms. The minimum absolute atomic E-state index is 0.636. The van der Waals surface area contributed by atoms with Crippen molar-refractivity contribution in [3.63, 3.8) is 0 Å². The smallest absolute Gasteiger partial charge is 0.161 e. The van der Waals surface area contributed by atoms with E-state index in [1.807, 2.05) is 24.3 Å². The molecular formula is C20H24ClNO3. The van der Waals surface area contributed by atoms with Gasteiger partial charge in [0.25, 0.3) is 0 Å². The lowest BCUT2D eigenvalue weighted by Crippen LogP contribution is -2.38. The van der Waals surface area contributed by atoms with Crippen molar-refractivity contribution in [2.75, 3.05) is 46.6 Å². The van der Waals surface area contributed by atoms with E-state index in [9.17, 15) is 0 Å². The third-order valence-corrected chi connectivity index (χ3v) is 4.53. The molecule has 0 atom stereocenters. The molecule has 1 fully saturated rings. The highest BCUT2D eigenvalue weighted by Crippen LogP contribution is 2.29. The minimum Gasteiger partial charge on any atom is -0.493 e. The van der Waals surface area contributed by atoms with Crippen LogP contribution >= 0.6 is 11.6 Å². The maximum atomic E-state index is 6.07. The number of halogens is 1. The Hall–Kier alpha value is -1.75. The first-order valence-electron chi connectivity index (χ1n) is 8.59. The lowest BCUT2D eigenvalue weighted by molar-refractivity contribution is 0.0321. The number of nitrogens with zero attached hydrogens (tertiary/aromatic N) is 1. The van der Waals surface area contributed by atoms with Gasteiger partial charge in [0.15, 0.2) is 11.5 Å². The van der Waals surface area contributed by atoms with Crippen molar-refractivity contribution >= 4 is 11.6 Å². The fraction of sp³-hybridized carbons (Fsp3) is 0.400. The lowest BCUT2D eigenvalue weighted by atomic mass is 10.0. The van der Waals surface area contributed by atoms with Crippen molar-refractivity contribution in [3.8, 4) is 11.5 Å². The van der Waals surface area contributed by atoms with Crippen LogP contribution in [-0.2, 0) is 11.2 Å². The van der Waals surface area contributed by atoms with Crippen molar-refractivity contribution in [3.05, 3.63) is 58.6 Å². The van der Waals surface area contributed by atoms with Crippen LogP contribution in [0, 0.1) is 0 Å². The standard InChI is InChI=1S/C20H24ClNO3/c1-23-19-6-5-17(13-16-3-2-4-18(21)14-16)15-20(19)25-12-9-22-7-10-24-11-8-22/h2-6,14-15H,7-13H2,1H3. The molecule has 1 saturated heterocycles. The molecular weight excluding hydrogens is 338 g/mol. The van der Waals surface area contributed by atoms with Crippen LogP contribution in [0.5, 0.6) is 11.5 Å². The maximum Gasteiger partial charge on any atom is 0.161 e. The Morgan fingerprint density at radius 1 is 1.04 bits per heavy atom. The quantitative estimate of drug-likeness (QED) is 0.753. The monoisotopic (exact) mass is 361 g/mol. The zero-order valence-electron chi connectivity index (χ0n) is 14.5. The van der Waals surface area contributed by atoms with Crippen LogP contribution < -0.4 is 9.47 Å². The largest absolute Gasteiger partial charge is 0.493 e. The molecule has 0 N–H and O–H groups in total. The Balaban J connectivity index is 1.62. The van der Waals surface area contributed by atoms with E-state index in [0.717, 1.165) is 55.8 Å². The number of hydrogen-bond acceptors (Lipinski definition) is 4. The number of ether oxygens (including phenoxy) is 3. The van der Waals surface area contributed by atoms with Gasteiger partial charge in [-0.3, -0.25) is 4.90 Å². The third kappa shape index (κ3) is 5.36. The van der Waals surface area contributed by atoms with Gasteiger partial charge >= 0.3 is 0 Å². The second-order valence-corrected chi connectivity index (χ2v) is 6.53. The molecule has 134 valence electrons. The lowest BCUT2D eigenvalue weighted by Gasteiger charge is -2.26. The highest BCUT2D eigenvalue weighted by atomic mass is 35.5. The van der Waals surface area contributed by atoms with Gasteiger partial charge in [-0.2, -0.15) is 0 Å². The van der Waals surface area contributed by atoms with Gasteiger partial charge in [0.05, 0.1) is 20.3 Å². The topological polar surface area (TPSA) is 30.9 Å². The third-order valence-electron chi connectivity index (χ3n) is 4.29. The summed E-state index contributed by atoms with van der Waals surface area (Å²) >= 11 is 6.07. The molecule has 1 aliphatic rings. The Labute approximate surface area is 154 Å². The van der Waals surface area contributed by atoms with Crippen LogP contribution in [-0.4, -0.2) is 51.5 Å². The van der Waals surface area contributed by atoms with Gasteiger partial charge in [0.2, 0.25) is 0 Å². The average Bonchev–Trinajstić information content (AvgIpc) is 2.63. The molecule has 0 aromatic heterocycles.